The highest BCUT2D eigenvalue weighted by atomic mass is 35.5. The van der Waals surface area contributed by atoms with E-state index < -0.39 is 0 Å². The van der Waals surface area contributed by atoms with Gasteiger partial charge >= 0.3 is 0 Å². The maximum atomic E-state index is 5.91. The molecular formula is C11H12Cl2N2O. The summed E-state index contributed by atoms with van der Waals surface area (Å²) in [6, 6.07) is 5.99. The highest BCUT2D eigenvalue weighted by Crippen LogP contribution is 2.21. The Morgan fingerprint density at radius 1 is 1.31 bits per heavy atom. The fourth-order valence-electron chi connectivity index (χ4n) is 1.67. The molecule has 1 aliphatic rings. The van der Waals surface area contributed by atoms with E-state index in [1.54, 1.807) is 6.07 Å². The average Bonchev–Trinajstić information content (AvgIpc) is 2.60. The molecule has 0 aliphatic carbocycles. The highest BCUT2D eigenvalue weighted by Gasteiger charge is 2.16. The van der Waals surface area contributed by atoms with Crippen LogP contribution in [0.5, 0.6) is 0 Å². The third kappa shape index (κ3) is 3.03. The lowest BCUT2D eigenvalue weighted by Gasteiger charge is -2.06. The quantitative estimate of drug-likeness (QED) is 0.907. The predicted octanol–water partition coefficient (Wildman–Crippen LogP) is 2.64. The van der Waals surface area contributed by atoms with Crippen molar-refractivity contribution in [3.05, 3.63) is 33.8 Å². The molecule has 1 heterocycles. The molecule has 1 unspecified atom stereocenters. The average molecular weight is 259 g/mol. The van der Waals surface area contributed by atoms with Gasteiger partial charge in [0.1, 0.15) is 6.61 Å². The second kappa shape index (κ2) is 4.93. The summed E-state index contributed by atoms with van der Waals surface area (Å²) in [5.41, 5.74) is 6.54. The van der Waals surface area contributed by atoms with E-state index in [2.05, 4.69) is 4.99 Å². The minimum atomic E-state index is 0.151. The molecule has 3 nitrogen and oxygen atoms in total. The molecule has 5 heteroatoms. The van der Waals surface area contributed by atoms with Crippen LogP contribution in [-0.4, -0.2) is 18.7 Å². The van der Waals surface area contributed by atoms with Crippen molar-refractivity contribution in [2.45, 2.75) is 18.9 Å². The van der Waals surface area contributed by atoms with Crippen molar-refractivity contribution in [1.29, 1.82) is 0 Å². The lowest BCUT2D eigenvalue weighted by atomic mass is 10.1. The summed E-state index contributed by atoms with van der Waals surface area (Å²) in [7, 11) is 0. The molecule has 0 saturated heterocycles. The summed E-state index contributed by atoms with van der Waals surface area (Å²) in [5.74, 6) is 0. The molecule has 0 bridgehead atoms. The first-order chi connectivity index (χ1) is 7.63. The van der Waals surface area contributed by atoms with E-state index in [4.69, 9.17) is 33.7 Å². The van der Waals surface area contributed by atoms with Crippen molar-refractivity contribution >= 4 is 29.2 Å². The third-order valence-electron chi connectivity index (χ3n) is 2.42. The minimum Gasteiger partial charge on any atom is -0.463 e. The predicted molar refractivity (Wildman–Crippen MR) is 66.1 cm³/mol. The molecule has 86 valence electrons. The second-order valence-corrected chi connectivity index (χ2v) is 4.62. The number of benzene rings is 1. The first-order valence-electron chi connectivity index (χ1n) is 5.04. The van der Waals surface area contributed by atoms with Crippen LogP contribution >= 0.6 is 23.2 Å². The first-order valence-corrected chi connectivity index (χ1v) is 5.80. The van der Waals surface area contributed by atoms with E-state index in [1.807, 2.05) is 12.1 Å². The topological polar surface area (TPSA) is 47.6 Å². The molecule has 1 aromatic rings. The molecule has 2 rings (SSSR count). The molecular weight excluding hydrogens is 247 g/mol. The number of nitrogens with two attached hydrogens (primary N) is 1. The Kier molecular flexibility index (Phi) is 3.56. The zero-order chi connectivity index (χ0) is 11.5. The second-order valence-electron chi connectivity index (χ2n) is 3.75. The number of hydrogen-bond acceptors (Lipinski definition) is 3. The Hall–Kier alpha value is -0.930. The Morgan fingerprint density at radius 2 is 2.00 bits per heavy atom. The zero-order valence-corrected chi connectivity index (χ0v) is 10.1. The minimum absolute atomic E-state index is 0.151. The van der Waals surface area contributed by atoms with Gasteiger partial charge in [-0.3, -0.25) is 0 Å². The number of aliphatic imine (C=N–C) groups is 1. The Labute approximate surface area is 104 Å². The Balaban J connectivity index is 1.94. The van der Waals surface area contributed by atoms with Crippen LogP contribution in [0.4, 0.5) is 0 Å². The Morgan fingerprint density at radius 3 is 2.56 bits per heavy atom. The van der Waals surface area contributed by atoms with Crippen LogP contribution < -0.4 is 5.73 Å². The zero-order valence-electron chi connectivity index (χ0n) is 8.62. The SMILES string of the molecule is NC1=NC(CCc2cc(Cl)cc(Cl)c2)CO1. The van der Waals surface area contributed by atoms with Crippen LogP contribution in [0.15, 0.2) is 23.2 Å². The normalized spacial score (nSPS) is 19.4. The first kappa shape index (κ1) is 11.6. The van der Waals surface area contributed by atoms with Gasteiger partial charge in [-0.05, 0) is 36.6 Å². The summed E-state index contributed by atoms with van der Waals surface area (Å²) in [6.45, 7) is 0.570. The van der Waals surface area contributed by atoms with Gasteiger partial charge in [-0.15, -0.1) is 0 Å². The van der Waals surface area contributed by atoms with E-state index in [0.29, 0.717) is 16.7 Å². The highest BCUT2D eigenvalue weighted by molar-refractivity contribution is 6.34. The number of ether oxygens (including phenoxy) is 1. The Bertz CT molecular complexity index is 400. The van der Waals surface area contributed by atoms with Crippen LogP contribution in [0.2, 0.25) is 10.0 Å². The molecule has 1 atom stereocenters. The molecule has 0 fully saturated rings. The summed E-state index contributed by atoms with van der Waals surface area (Å²) in [4.78, 5) is 4.15. The van der Waals surface area contributed by atoms with Gasteiger partial charge in [0.2, 0.25) is 0 Å². The molecule has 16 heavy (non-hydrogen) atoms. The van der Waals surface area contributed by atoms with Crippen LogP contribution in [0.25, 0.3) is 0 Å². The lowest BCUT2D eigenvalue weighted by molar-refractivity contribution is 0.308. The molecule has 0 spiro atoms. The number of amidine groups is 1. The van der Waals surface area contributed by atoms with Gasteiger partial charge in [-0.2, -0.15) is 0 Å². The maximum Gasteiger partial charge on any atom is 0.282 e. The largest absolute Gasteiger partial charge is 0.463 e. The van der Waals surface area contributed by atoms with Crippen molar-refractivity contribution in [2.75, 3.05) is 6.61 Å². The van der Waals surface area contributed by atoms with Gasteiger partial charge in [0.05, 0.1) is 6.04 Å². The number of nitrogens with zero attached hydrogens (tertiary/aromatic N) is 1. The number of halogens is 2. The fraction of sp³-hybridized carbons (Fsp3) is 0.364. The molecule has 2 N–H and O–H groups in total. The van der Waals surface area contributed by atoms with Crippen molar-refractivity contribution < 1.29 is 4.74 Å². The molecule has 0 saturated carbocycles. The van der Waals surface area contributed by atoms with E-state index in [-0.39, 0.29) is 12.1 Å². The third-order valence-corrected chi connectivity index (χ3v) is 2.86. The fourth-order valence-corrected chi connectivity index (χ4v) is 2.24. The van der Waals surface area contributed by atoms with Gasteiger partial charge in [-0.25, -0.2) is 4.99 Å². The van der Waals surface area contributed by atoms with E-state index >= 15 is 0 Å². The van der Waals surface area contributed by atoms with Crippen LogP contribution in [0.3, 0.4) is 0 Å². The van der Waals surface area contributed by atoms with Crippen LogP contribution in [0.1, 0.15) is 12.0 Å². The van der Waals surface area contributed by atoms with E-state index in [0.717, 1.165) is 18.4 Å². The summed E-state index contributed by atoms with van der Waals surface area (Å²) < 4.78 is 5.08. The summed E-state index contributed by atoms with van der Waals surface area (Å²) >= 11 is 11.8. The van der Waals surface area contributed by atoms with Gasteiger partial charge < -0.3 is 10.5 Å². The summed E-state index contributed by atoms with van der Waals surface area (Å²) in [6.07, 6.45) is 1.75. The van der Waals surface area contributed by atoms with E-state index in [9.17, 15) is 0 Å². The molecule has 1 aromatic carbocycles. The molecule has 0 aromatic heterocycles. The summed E-state index contributed by atoms with van der Waals surface area (Å²) in [5, 5.41) is 1.32. The van der Waals surface area contributed by atoms with Crippen LogP contribution in [0, 0.1) is 0 Å². The van der Waals surface area contributed by atoms with Crippen molar-refractivity contribution in [2.24, 2.45) is 10.7 Å². The van der Waals surface area contributed by atoms with Gasteiger partial charge in [-0.1, -0.05) is 23.2 Å². The van der Waals surface area contributed by atoms with Crippen molar-refractivity contribution in [3.63, 3.8) is 0 Å². The lowest BCUT2D eigenvalue weighted by Crippen LogP contribution is -2.10. The smallest absolute Gasteiger partial charge is 0.282 e. The number of rotatable bonds is 3. The molecule has 1 aliphatic heterocycles. The van der Waals surface area contributed by atoms with Gasteiger partial charge in [0.25, 0.3) is 6.02 Å². The van der Waals surface area contributed by atoms with E-state index in [1.165, 1.54) is 0 Å². The number of hydrogen-bond donors (Lipinski definition) is 1. The standard InChI is InChI=1S/C11H12Cl2N2O/c12-8-3-7(4-9(13)5-8)1-2-10-6-16-11(14)15-10/h3-5,10H,1-2,6H2,(H2,14,15). The maximum absolute atomic E-state index is 5.91. The molecule has 0 amide bonds. The van der Waals surface area contributed by atoms with Crippen LogP contribution in [-0.2, 0) is 11.2 Å². The molecule has 0 radical (unpaired) electrons. The monoisotopic (exact) mass is 258 g/mol. The van der Waals surface area contributed by atoms with Gasteiger partial charge in [0.15, 0.2) is 0 Å². The number of aryl methyl sites for hydroxylation is 1. The van der Waals surface area contributed by atoms with Crippen molar-refractivity contribution in [3.8, 4) is 0 Å². The van der Waals surface area contributed by atoms with Gasteiger partial charge in [0, 0.05) is 10.0 Å². The van der Waals surface area contributed by atoms with Crippen molar-refractivity contribution in [1.82, 2.24) is 0 Å².